The summed E-state index contributed by atoms with van der Waals surface area (Å²) in [6.07, 6.45) is 0.502. The zero-order valence-electron chi connectivity index (χ0n) is 12.4. The summed E-state index contributed by atoms with van der Waals surface area (Å²) < 4.78 is 5.64. The van der Waals surface area contributed by atoms with E-state index < -0.39 is 5.97 Å². The minimum absolute atomic E-state index is 0.141. The lowest BCUT2D eigenvalue weighted by atomic mass is 9.91. The van der Waals surface area contributed by atoms with Crippen molar-refractivity contribution in [3.05, 3.63) is 30.3 Å². The molecule has 0 spiro atoms. The molecule has 0 saturated carbocycles. The monoisotopic (exact) mass is 291 g/mol. The molecule has 5 heteroatoms. The molecule has 0 bridgehead atoms. The van der Waals surface area contributed by atoms with E-state index in [2.05, 4.69) is 0 Å². The molecule has 2 unspecified atom stereocenters. The predicted molar refractivity (Wildman–Crippen MR) is 79.1 cm³/mol. The smallest absolute Gasteiger partial charge is 0.323 e. The van der Waals surface area contributed by atoms with Gasteiger partial charge in [0.2, 0.25) is 5.91 Å². The van der Waals surface area contributed by atoms with E-state index in [1.807, 2.05) is 19.9 Å². The maximum atomic E-state index is 12.8. The summed E-state index contributed by atoms with van der Waals surface area (Å²) in [5.74, 6) is -1.24. The maximum absolute atomic E-state index is 12.8. The van der Waals surface area contributed by atoms with Crippen molar-refractivity contribution in [2.45, 2.75) is 26.4 Å². The number of carbonyl (C=O) groups excluding carboxylic acids is 1. The van der Waals surface area contributed by atoms with E-state index in [-0.39, 0.29) is 30.4 Å². The highest BCUT2D eigenvalue weighted by Gasteiger charge is 2.39. The Morgan fingerprint density at radius 2 is 2.00 bits per heavy atom. The van der Waals surface area contributed by atoms with Crippen LogP contribution in [0.2, 0.25) is 0 Å². The van der Waals surface area contributed by atoms with Crippen molar-refractivity contribution >= 4 is 17.6 Å². The zero-order chi connectivity index (χ0) is 15.4. The molecular weight excluding hydrogens is 270 g/mol. The molecule has 1 aliphatic rings. The first-order valence-electron chi connectivity index (χ1n) is 7.20. The lowest BCUT2D eigenvalue weighted by molar-refractivity contribution is -0.137. The fraction of sp³-hybridized carbons (Fsp3) is 0.500. The molecule has 0 aromatic heterocycles. The Morgan fingerprint density at radius 1 is 1.33 bits per heavy atom. The number of aliphatic carboxylic acids is 1. The highest BCUT2D eigenvalue weighted by Crippen LogP contribution is 2.30. The Labute approximate surface area is 124 Å². The average Bonchev–Trinajstić information content (AvgIpc) is 2.94. The fourth-order valence-electron chi connectivity index (χ4n) is 2.77. The van der Waals surface area contributed by atoms with Gasteiger partial charge in [-0.05, 0) is 24.5 Å². The second-order valence-electron chi connectivity index (χ2n) is 5.63. The molecule has 114 valence electrons. The molecule has 2 atom stereocenters. The third kappa shape index (κ3) is 3.61. The van der Waals surface area contributed by atoms with Gasteiger partial charge in [-0.1, -0.05) is 32.0 Å². The van der Waals surface area contributed by atoms with Gasteiger partial charge in [-0.15, -0.1) is 0 Å². The number of ether oxygens (including phenoxy) is 1. The summed E-state index contributed by atoms with van der Waals surface area (Å²) in [6.45, 7) is 4.25. The van der Waals surface area contributed by atoms with Crippen LogP contribution in [0.5, 0.6) is 0 Å². The van der Waals surface area contributed by atoms with Gasteiger partial charge in [-0.25, -0.2) is 0 Å². The summed E-state index contributed by atoms with van der Waals surface area (Å²) in [5.41, 5.74) is 0.610. The van der Waals surface area contributed by atoms with Gasteiger partial charge in [0.25, 0.3) is 0 Å². The Hall–Kier alpha value is -1.88. The summed E-state index contributed by atoms with van der Waals surface area (Å²) in [6, 6.07) is 8.93. The van der Waals surface area contributed by atoms with Crippen LogP contribution >= 0.6 is 0 Å². The van der Waals surface area contributed by atoms with Gasteiger partial charge in [-0.2, -0.15) is 0 Å². The van der Waals surface area contributed by atoms with Gasteiger partial charge >= 0.3 is 5.97 Å². The Kier molecular flexibility index (Phi) is 4.96. The van der Waals surface area contributed by atoms with Crippen molar-refractivity contribution in [2.24, 2.45) is 11.8 Å². The van der Waals surface area contributed by atoms with Gasteiger partial charge < -0.3 is 14.7 Å². The van der Waals surface area contributed by atoms with Gasteiger partial charge in [0.05, 0.1) is 12.0 Å². The van der Waals surface area contributed by atoms with Crippen molar-refractivity contribution in [1.29, 1.82) is 0 Å². The first-order valence-corrected chi connectivity index (χ1v) is 7.20. The minimum Gasteiger partial charge on any atom is -0.480 e. The summed E-state index contributed by atoms with van der Waals surface area (Å²) in [4.78, 5) is 25.2. The molecule has 1 amide bonds. The van der Waals surface area contributed by atoms with Crippen LogP contribution in [0.3, 0.4) is 0 Å². The molecule has 0 radical (unpaired) electrons. The number of para-hydroxylation sites is 1. The Balaban J connectivity index is 2.24. The van der Waals surface area contributed by atoms with Crippen LogP contribution in [0, 0.1) is 11.8 Å². The van der Waals surface area contributed by atoms with Crippen LogP contribution in [-0.2, 0) is 14.3 Å². The molecule has 0 aliphatic carbocycles. The van der Waals surface area contributed by atoms with E-state index in [0.29, 0.717) is 18.7 Å². The van der Waals surface area contributed by atoms with E-state index in [1.165, 1.54) is 4.90 Å². The van der Waals surface area contributed by atoms with Gasteiger partial charge in [0.15, 0.2) is 0 Å². The third-order valence-corrected chi connectivity index (χ3v) is 3.74. The zero-order valence-corrected chi connectivity index (χ0v) is 12.4. The van der Waals surface area contributed by atoms with Crippen LogP contribution in [0.4, 0.5) is 5.69 Å². The van der Waals surface area contributed by atoms with Crippen molar-refractivity contribution in [3.63, 3.8) is 0 Å². The van der Waals surface area contributed by atoms with E-state index in [9.17, 15) is 9.59 Å². The Bertz CT molecular complexity index is 500. The maximum Gasteiger partial charge on any atom is 0.323 e. The number of carboxylic acid groups (broad SMARTS) is 1. The number of benzene rings is 1. The first kappa shape index (κ1) is 15.5. The highest BCUT2D eigenvalue weighted by atomic mass is 16.5. The lowest BCUT2D eigenvalue weighted by Gasteiger charge is -2.28. The number of amides is 1. The molecule has 1 aromatic rings. The van der Waals surface area contributed by atoms with Crippen molar-refractivity contribution in [3.8, 4) is 0 Å². The number of anilines is 1. The molecule has 1 fully saturated rings. The lowest BCUT2D eigenvalue weighted by Crippen LogP contribution is -2.43. The first-order chi connectivity index (χ1) is 10.0. The standard InChI is InChI=1S/C16H21NO4/c1-11(2)15-13(8-9-21-15)16(20)17(10-14(18)19)12-6-4-3-5-7-12/h3-7,11,13,15H,8-10H2,1-2H3,(H,18,19). The quantitative estimate of drug-likeness (QED) is 0.903. The van der Waals surface area contributed by atoms with Crippen molar-refractivity contribution < 1.29 is 19.4 Å². The van der Waals surface area contributed by atoms with Crippen molar-refractivity contribution in [2.75, 3.05) is 18.1 Å². The number of carbonyl (C=O) groups is 2. The number of carboxylic acids is 1. The van der Waals surface area contributed by atoms with E-state index in [0.717, 1.165) is 0 Å². The largest absolute Gasteiger partial charge is 0.480 e. The van der Waals surface area contributed by atoms with Crippen LogP contribution < -0.4 is 4.90 Å². The number of hydrogen-bond donors (Lipinski definition) is 1. The van der Waals surface area contributed by atoms with E-state index in [4.69, 9.17) is 9.84 Å². The molecule has 2 rings (SSSR count). The fourth-order valence-corrected chi connectivity index (χ4v) is 2.77. The topological polar surface area (TPSA) is 66.8 Å². The minimum atomic E-state index is -1.02. The SMILES string of the molecule is CC(C)C1OCCC1C(=O)N(CC(=O)O)c1ccccc1. The molecule has 5 nitrogen and oxygen atoms in total. The van der Waals surface area contributed by atoms with Gasteiger partial charge in [0.1, 0.15) is 6.54 Å². The van der Waals surface area contributed by atoms with Crippen LogP contribution in [0.15, 0.2) is 30.3 Å². The summed E-state index contributed by atoms with van der Waals surface area (Å²) >= 11 is 0. The van der Waals surface area contributed by atoms with Gasteiger partial charge in [0, 0.05) is 12.3 Å². The number of hydrogen-bond acceptors (Lipinski definition) is 3. The normalized spacial score (nSPS) is 21.5. The average molecular weight is 291 g/mol. The van der Waals surface area contributed by atoms with Crippen LogP contribution in [-0.4, -0.2) is 36.2 Å². The van der Waals surface area contributed by atoms with E-state index >= 15 is 0 Å². The van der Waals surface area contributed by atoms with Crippen molar-refractivity contribution in [1.82, 2.24) is 0 Å². The molecule has 1 N–H and O–H groups in total. The number of rotatable bonds is 5. The number of nitrogens with zero attached hydrogens (tertiary/aromatic N) is 1. The molecule has 1 aromatic carbocycles. The molecule has 1 saturated heterocycles. The van der Waals surface area contributed by atoms with Gasteiger partial charge in [-0.3, -0.25) is 9.59 Å². The second kappa shape index (κ2) is 6.72. The van der Waals surface area contributed by atoms with Crippen LogP contribution in [0.25, 0.3) is 0 Å². The molecule has 1 heterocycles. The highest BCUT2D eigenvalue weighted by molar-refractivity contribution is 5.99. The summed E-state index contributed by atoms with van der Waals surface area (Å²) in [5, 5.41) is 9.09. The van der Waals surface area contributed by atoms with Crippen LogP contribution in [0.1, 0.15) is 20.3 Å². The Morgan fingerprint density at radius 3 is 2.57 bits per heavy atom. The molecular formula is C16H21NO4. The summed E-state index contributed by atoms with van der Waals surface area (Å²) in [7, 11) is 0. The predicted octanol–water partition coefficient (Wildman–Crippen LogP) is 2.17. The second-order valence-corrected chi connectivity index (χ2v) is 5.63. The molecule has 21 heavy (non-hydrogen) atoms. The van der Waals surface area contributed by atoms with E-state index in [1.54, 1.807) is 24.3 Å². The third-order valence-electron chi connectivity index (χ3n) is 3.74. The molecule has 1 aliphatic heterocycles.